The number of amides is 7. The smallest absolute Gasteiger partial charge is 0.326 e. The van der Waals surface area contributed by atoms with Gasteiger partial charge in [-0.2, -0.15) is 0 Å². The molecule has 0 saturated carbocycles. The molecule has 2 heterocycles. The number of imide groups is 1. The number of alkyl halides is 1. The molecule has 0 aromatic heterocycles. The second-order valence-corrected chi connectivity index (χ2v) is 18.7. The third-order valence-electron chi connectivity index (χ3n) is 13.3. The van der Waals surface area contributed by atoms with E-state index in [1.807, 2.05) is 27.7 Å². The molecule has 2 aliphatic rings. The van der Waals surface area contributed by atoms with Crippen LogP contribution in [0.4, 0.5) is 4.39 Å². The van der Waals surface area contributed by atoms with Gasteiger partial charge in [0.25, 0.3) is 11.8 Å². The lowest BCUT2D eigenvalue weighted by molar-refractivity contribution is -0.149. The first-order chi connectivity index (χ1) is 31.6. The normalized spacial score (nSPS) is 19.7. The molecule has 0 spiro atoms. The lowest BCUT2D eigenvalue weighted by Crippen LogP contribution is -2.60. The summed E-state index contributed by atoms with van der Waals surface area (Å²) in [6, 6.07) is 4.12. The van der Waals surface area contributed by atoms with Crippen LogP contribution in [0.3, 0.4) is 0 Å². The number of likely N-dealkylation sites (N-methyl/N-ethyl adjacent to an activating group) is 2. The number of likely N-dealkylation sites (tertiary alicyclic amines) is 1. The second-order valence-electron chi connectivity index (χ2n) is 18.7. The van der Waals surface area contributed by atoms with Crippen molar-refractivity contribution in [3.63, 3.8) is 0 Å². The number of methoxy groups -OCH3 is 2. The summed E-state index contributed by atoms with van der Waals surface area (Å²) in [5.41, 5.74) is 0.712. The number of halogens is 1. The Morgan fingerprint density at radius 3 is 2.01 bits per heavy atom. The third kappa shape index (κ3) is 15.1. The highest BCUT2D eigenvalue weighted by atomic mass is 19.1. The Balaban J connectivity index is 1.74. The molecule has 2 aliphatic heterocycles. The van der Waals surface area contributed by atoms with Gasteiger partial charge in [-0.05, 0) is 36.2 Å². The van der Waals surface area contributed by atoms with E-state index in [2.05, 4.69) is 10.6 Å². The number of carboxylic acids is 1. The van der Waals surface area contributed by atoms with Gasteiger partial charge in [-0.25, -0.2) is 9.18 Å². The average molecular weight is 943 g/mol. The summed E-state index contributed by atoms with van der Waals surface area (Å²) in [7, 11) is 5.94. The van der Waals surface area contributed by atoms with Crippen LogP contribution >= 0.6 is 0 Å². The maximum atomic E-state index is 15.3. The number of nitrogens with zero attached hydrogens (tertiary/aromatic N) is 4. The predicted molar refractivity (Wildman–Crippen MR) is 249 cm³/mol. The van der Waals surface area contributed by atoms with E-state index in [1.165, 1.54) is 41.1 Å². The number of rotatable bonds is 27. The zero-order valence-electron chi connectivity index (χ0n) is 41.2. The third-order valence-corrected chi connectivity index (χ3v) is 13.3. The summed E-state index contributed by atoms with van der Waals surface area (Å²) in [6.45, 7) is 12.6. The Labute approximate surface area is 395 Å². The monoisotopic (exact) mass is 943 g/mol. The van der Waals surface area contributed by atoms with Gasteiger partial charge in [0.2, 0.25) is 29.5 Å². The van der Waals surface area contributed by atoms with Crippen molar-refractivity contribution < 1.29 is 57.3 Å². The Morgan fingerprint density at radius 2 is 1.48 bits per heavy atom. The summed E-state index contributed by atoms with van der Waals surface area (Å²) in [5, 5.41) is 15.4. The molecule has 0 radical (unpaired) electrons. The number of hydrogen-bond acceptors (Lipinski definition) is 10. The number of benzene rings is 1. The summed E-state index contributed by atoms with van der Waals surface area (Å²) < 4.78 is 27.1. The van der Waals surface area contributed by atoms with Crippen molar-refractivity contribution >= 4 is 47.3 Å². The SMILES string of the molecule is CCC(C)C(C(CC(=O)N1C[C@@H](F)C[C@H]1C(OC)C(C)C(=O)NC(Cc1ccccc1)C(=O)O)OC)N(C)C(=O)C(NC(=O)C(C(C)C)N(C)C(=O)CCCCCN1C(=O)C=CC1=O)C(C)C. The molecule has 3 rings (SSSR count). The molecule has 0 bridgehead atoms. The fraction of sp³-hybridized carbons (Fsp3) is 0.673. The first-order valence-corrected chi connectivity index (χ1v) is 23.5. The van der Waals surface area contributed by atoms with Crippen LogP contribution in [-0.2, 0) is 54.3 Å². The van der Waals surface area contributed by atoms with Gasteiger partial charge in [0.15, 0.2) is 0 Å². The summed E-state index contributed by atoms with van der Waals surface area (Å²) in [5.74, 6) is -6.15. The highest BCUT2D eigenvalue weighted by Crippen LogP contribution is 2.31. The first kappa shape index (κ1) is 56.1. The lowest BCUT2D eigenvalue weighted by Gasteiger charge is -2.41. The number of hydrogen-bond donors (Lipinski definition) is 3. The number of nitrogens with one attached hydrogen (secondary N) is 2. The molecule has 1 aromatic carbocycles. The van der Waals surface area contributed by atoms with Crippen LogP contribution in [0, 0.1) is 23.7 Å². The van der Waals surface area contributed by atoms with Crippen molar-refractivity contribution in [2.24, 2.45) is 23.7 Å². The van der Waals surface area contributed by atoms with Gasteiger partial charge >= 0.3 is 5.97 Å². The van der Waals surface area contributed by atoms with Gasteiger partial charge in [-0.1, -0.05) is 91.6 Å². The van der Waals surface area contributed by atoms with E-state index in [4.69, 9.17) is 9.47 Å². The van der Waals surface area contributed by atoms with Crippen LogP contribution in [0.1, 0.15) is 99.0 Å². The Kier molecular flexibility index (Phi) is 22.1. The van der Waals surface area contributed by atoms with Crippen LogP contribution in [0.15, 0.2) is 42.5 Å². The molecule has 1 fully saturated rings. The molecule has 1 saturated heterocycles. The molecule has 7 amide bonds. The molecule has 67 heavy (non-hydrogen) atoms. The minimum atomic E-state index is -1.43. The van der Waals surface area contributed by atoms with Crippen molar-refractivity contribution in [1.29, 1.82) is 0 Å². The molecule has 8 unspecified atom stereocenters. The Morgan fingerprint density at radius 1 is 0.851 bits per heavy atom. The standard InChI is InChI=1S/C49H75FN6O11/c1-12-31(6)44(54(9)48(63)42(29(2)3)52-47(62)43(30(4)5)53(8)38(57)21-17-14-18-24-55-39(58)22-23-40(55)59)37(66-10)27-41(60)56-28-34(50)26-36(56)45(67-11)32(7)46(61)51-35(49(64)65)25-33-19-15-13-16-20-33/h13,15-16,19-20,22-23,29-32,34-37,42-45H,12,14,17-18,21,24-28H2,1-11H3,(H,51,61)(H,52,62)(H,64,65)/t31?,32?,34-,35?,36-,37?,42?,43?,44?,45?/m0/s1. The molecular weight excluding hydrogens is 868 g/mol. The quantitative estimate of drug-likeness (QED) is 0.0854. The number of carboxylic acid groups (broad SMARTS) is 1. The minimum Gasteiger partial charge on any atom is -0.480 e. The van der Waals surface area contributed by atoms with Crippen molar-refractivity contribution in [2.45, 2.75) is 148 Å². The fourth-order valence-electron chi connectivity index (χ4n) is 9.23. The van der Waals surface area contributed by atoms with Crippen molar-refractivity contribution in [2.75, 3.05) is 41.4 Å². The van der Waals surface area contributed by atoms with E-state index in [9.17, 15) is 43.5 Å². The molecule has 1 aromatic rings. The van der Waals surface area contributed by atoms with Crippen LogP contribution in [-0.4, -0.2) is 162 Å². The predicted octanol–water partition coefficient (Wildman–Crippen LogP) is 3.78. The number of unbranched alkanes of at least 4 members (excludes halogenated alkanes) is 2. The first-order valence-electron chi connectivity index (χ1n) is 23.5. The maximum Gasteiger partial charge on any atom is 0.326 e. The lowest BCUT2D eigenvalue weighted by atomic mass is 9.89. The maximum absolute atomic E-state index is 15.3. The molecule has 0 aliphatic carbocycles. The zero-order chi connectivity index (χ0) is 50.3. The summed E-state index contributed by atoms with van der Waals surface area (Å²) in [6.07, 6.45) is 1.16. The van der Waals surface area contributed by atoms with E-state index < -0.39 is 90.0 Å². The highest BCUT2D eigenvalue weighted by molar-refractivity contribution is 6.12. The summed E-state index contributed by atoms with van der Waals surface area (Å²) in [4.78, 5) is 111. The molecule has 3 N–H and O–H groups in total. The van der Waals surface area contributed by atoms with Gasteiger partial charge < -0.3 is 39.9 Å². The summed E-state index contributed by atoms with van der Waals surface area (Å²) >= 11 is 0. The van der Waals surface area contributed by atoms with Crippen molar-refractivity contribution in [3.05, 3.63) is 48.0 Å². The topological polar surface area (TPSA) is 212 Å². The van der Waals surface area contributed by atoms with Crippen LogP contribution in [0.2, 0.25) is 0 Å². The van der Waals surface area contributed by atoms with E-state index in [-0.39, 0.29) is 68.3 Å². The van der Waals surface area contributed by atoms with Crippen molar-refractivity contribution in [1.82, 2.24) is 30.2 Å². The van der Waals surface area contributed by atoms with E-state index in [1.54, 1.807) is 65.2 Å². The molecular formula is C49H75FN6O11. The van der Waals surface area contributed by atoms with Gasteiger partial charge in [-0.3, -0.25) is 38.5 Å². The van der Waals surface area contributed by atoms with Gasteiger partial charge in [-0.15, -0.1) is 0 Å². The minimum absolute atomic E-state index is 0.0397. The largest absolute Gasteiger partial charge is 0.480 e. The number of carbonyl (C=O) groups excluding carboxylic acids is 7. The van der Waals surface area contributed by atoms with E-state index in [0.717, 1.165) is 4.90 Å². The molecule has 17 nitrogen and oxygen atoms in total. The van der Waals surface area contributed by atoms with Gasteiger partial charge in [0.05, 0.1) is 43.2 Å². The number of carbonyl (C=O) groups is 8. The number of aliphatic carboxylic acids is 1. The van der Waals surface area contributed by atoms with Crippen molar-refractivity contribution in [3.8, 4) is 0 Å². The van der Waals surface area contributed by atoms with E-state index in [0.29, 0.717) is 31.2 Å². The van der Waals surface area contributed by atoms with E-state index >= 15 is 4.39 Å². The zero-order valence-corrected chi connectivity index (χ0v) is 41.2. The second kappa shape index (κ2) is 26.3. The fourth-order valence-corrected chi connectivity index (χ4v) is 9.23. The molecule has 374 valence electrons. The highest BCUT2D eigenvalue weighted by Gasteiger charge is 2.46. The van der Waals surface area contributed by atoms with Crippen LogP contribution in [0.25, 0.3) is 0 Å². The van der Waals surface area contributed by atoms with Crippen LogP contribution < -0.4 is 10.6 Å². The van der Waals surface area contributed by atoms with Gasteiger partial charge in [0, 0.05) is 66.3 Å². The molecule has 18 heteroatoms. The Hall–Kier alpha value is -5.23. The molecule has 10 atom stereocenters. The average Bonchev–Trinajstić information content (AvgIpc) is 3.83. The van der Waals surface area contributed by atoms with Crippen LogP contribution in [0.5, 0.6) is 0 Å². The van der Waals surface area contributed by atoms with Gasteiger partial charge in [0.1, 0.15) is 24.3 Å². The number of ether oxygens (including phenoxy) is 2. The Bertz CT molecular complexity index is 1880.